The molecule has 164 valence electrons. The number of carboxylic acids is 2. The van der Waals surface area contributed by atoms with E-state index in [2.05, 4.69) is 11.1 Å². The number of piperazine rings is 1. The summed E-state index contributed by atoms with van der Waals surface area (Å²) in [5, 5.41) is 29.8. The number of nitriles is 1. The molecular weight excluding hydrogens is 434 g/mol. The molecule has 9 nitrogen and oxygen atoms in total. The highest BCUT2D eigenvalue weighted by Gasteiger charge is 2.33. The highest BCUT2D eigenvalue weighted by Crippen LogP contribution is 2.33. The van der Waals surface area contributed by atoms with E-state index in [1.54, 1.807) is 42.7 Å². The lowest BCUT2D eigenvalue weighted by molar-refractivity contribution is -0.143. The molecule has 1 atom stereocenters. The van der Waals surface area contributed by atoms with Gasteiger partial charge < -0.3 is 19.7 Å². The van der Waals surface area contributed by atoms with E-state index in [0.29, 0.717) is 59.0 Å². The van der Waals surface area contributed by atoms with Crippen LogP contribution in [0.4, 0.5) is 5.82 Å². The van der Waals surface area contributed by atoms with Crippen molar-refractivity contribution in [1.29, 1.82) is 5.26 Å². The second kappa shape index (κ2) is 8.86. The van der Waals surface area contributed by atoms with E-state index in [1.807, 2.05) is 9.80 Å². The Morgan fingerprint density at radius 3 is 2.59 bits per heavy atom. The van der Waals surface area contributed by atoms with Gasteiger partial charge in [-0.2, -0.15) is 5.26 Å². The van der Waals surface area contributed by atoms with Gasteiger partial charge in [0.2, 0.25) is 0 Å². The summed E-state index contributed by atoms with van der Waals surface area (Å²) >= 11 is 6.10. The van der Waals surface area contributed by atoms with Crippen molar-refractivity contribution in [2.24, 2.45) is 0 Å². The van der Waals surface area contributed by atoms with Crippen LogP contribution in [-0.2, 0) is 16.1 Å². The van der Waals surface area contributed by atoms with Crippen molar-refractivity contribution in [2.45, 2.75) is 12.6 Å². The van der Waals surface area contributed by atoms with Gasteiger partial charge in [-0.3, -0.25) is 14.5 Å². The molecule has 0 saturated carbocycles. The van der Waals surface area contributed by atoms with Crippen LogP contribution in [0.1, 0.15) is 17.2 Å². The molecule has 0 spiro atoms. The molecule has 0 bridgehead atoms. The maximum absolute atomic E-state index is 12.3. The smallest absolute Gasteiger partial charge is 0.325 e. The molecule has 1 aromatic carbocycles. The second-order valence-electron chi connectivity index (χ2n) is 7.52. The molecule has 0 aliphatic carbocycles. The minimum absolute atomic E-state index is 0.298. The van der Waals surface area contributed by atoms with Crippen molar-refractivity contribution in [2.75, 3.05) is 31.1 Å². The molecule has 2 aromatic heterocycles. The van der Waals surface area contributed by atoms with Gasteiger partial charge in [0.15, 0.2) is 0 Å². The number of carbonyl (C=O) groups is 2. The summed E-state index contributed by atoms with van der Waals surface area (Å²) < 4.78 is 1.51. The zero-order valence-corrected chi connectivity index (χ0v) is 17.7. The molecule has 32 heavy (non-hydrogen) atoms. The molecule has 3 aromatic rings. The van der Waals surface area contributed by atoms with Crippen LogP contribution in [0.15, 0.2) is 42.7 Å². The highest BCUT2D eigenvalue weighted by molar-refractivity contribution is 6.31. The van der Waals surface area contributed by atoms with E-state index in [4.69, 9.17) is 11.6 Å². The summed E-state index contributed by atoms with van der Waals surface area (Å²) in [7, 11) is 0. The predicted octanol–water partition coefficient (Wildman–Crippen LogP) is 2.59. The number of hydrogen-bond acceptors (Lipinski definition) is 6. The molecule has 1 fully saturated rings. The molecule has 0 amide bonds. The van der Waals surface area contributed by atoms with E-state index in [9.17, 15) is 25.1 Å². The number of anilines is 1. The van der Waals surface area contributed by atoms with Gasteiger partial charge in [-0.05, 0) is 24.3 Å². The van der Waals surface area contributed by atoms with Crippen LogP contribution >= 0.6 is 11.6 Å². The molecule has 1 aliphatic rings. The van der Waals surface area contributed by atoms with Crippen molar-refractivity contribution in [3.63, 3.8) is 0 Å². The summed E-state index contributed by atoms with van der Waals surface area (Å²) in [6.45, 7) is 1.60. The lowest BCUT2D eigenvalue weighted by Crippen LogP contribution is -2.49. The van der Waals surface area contributed by atoms with E-state index < -0.39 is 18.0 Å². The molecular formula is C22H20ClN5O4. The van der Waals surface area contributed by atoms with Crippen LogP contribution in [0.2, 0.25) is 5.02 Å². The van der Waals surface area contributed by atoms with Crippen LogP contribution in [0.3, 0.4) is 0 Å². The summed E-state index contributed by atoms with van der Waals surface area (Å²) in [6, 6.07) is 9.64. The van der Waals surface area contributed by atoms with Crippen LogP contribution in [0.5, 0.6) is 0 Å². The Morgan fingerprint density at radius 1 is 1.19 bits per heavy atom. The second-order valence-corrected chi connectivity index (χ2v) is 7.95. The fourth-order valence-corrected chi connectivity index (χ4v) is 4.37. The number of fused-ring (bicyclic) bond motifs is 1. The quantitative estimate of drug-likeness (QED) is 0.583. The van der Waals surface area contributed by atoms with E-state index in [1.165, 1.54) is 4.57 Å². The van der Waals surface area contributed by atoms with Gasteiger partial charge in [0, 0.05) is 54.5 Å². The average molecular weight is 454 g/mol. The number of benzene rings is 1. The first-order valence-corrected chi connectivity index (χ1v) is 10.3. The third-order valence-electron chi connectivity index (χ3n) is 5.60. The lowest BCUT2D eigenvalue weighted by atomic mass is 10.0. The fraction of sp³-hybridized carbons (Fsp3) is 0.273. The van der Waals surface area contributed by atoms with Gasteiger partial charge >= 0.3 is 11.9 Å². The number of halogens is 1. The lowest BCUT2D eigenvalue weighted by Gasteiger charge is -2.38. The van der Waals surface area contributed by atoms with Gasteiger partial charge in [0.1, 0.15) is 24.5 Å². The first-order chi connectivity index (χ1) is 15.4. The first-order valence-electron chi connectivity index (χ1n) is 9.96. The van der Waals surface area contributed by atoms with Crippen LogP contribution in [-0.4, -0.2) is 62.8 Å². The molecule has 4 rings (SSSR count). The number of aliphatic carboxylic acids is 2. The normalized spacial score (nSPS) is 15.4. The zero-order valence-electron chi connectivity index (χ0n) is 17.0. The number of aromatic nitrogens is 2. The van der Waals surface area contributed by atoms with E-state index >= 15 is 0 Å². The maximum atomic E-state index is 12.3. The van der Waals surface area contributed by atoms with E-state index in [0.717, 1.165) is 0 Å². The van der Waals surface area contributed by atoms with Crippen molar-refractivity contribution < 1.29 is 19.8 Å². The third-order valence-corrected chi connectivity index (χ3v) is 5.83. The maximum Gasteiger partial charge on any atom is 0.325 e. The van der Waals surface area contributed by atoms with E-state index in [-0.39, 0.29) is 6.54 Å². The number of hydrogen-bond donors (Lipinski definition) is 2. The van der Waals surface area contributed by atoms with Crippen LogP contribution in [0, 0.1) is 11.3 Å². The standard InChI is InChI=1S/C22H20ClN5O4/c23-15-3-4-16-17(12-28(13-19(29)30)18(16)10-15)20(22(31)32)26-6-8-27(9-7-26)21-14(11-24)2-1-5-25-21/h1-5,10,12,20H,6-9,13H2,(H,29,30)(H,31,32)/t20-/m0/s1. The molecule has 1 aliphatic heterocycles. The fourth-order valence-electron chi connectivity index (χ4n) is 4.20. The summed E-state index contributed by atoms with van der Waals surface area (Å²) in [5.41, 5.74) is 1.57. The molecule has 0 unspecified atom stereocenters. The minimum atomic E-state index is -1.03. The summed E-state index contributed by atoms with van der Waals surface area (Å²) in [4.78, 5) is 31.8. The Morgan fingerprint density at radius 2 is 1.94 bits per heavy atom. The molecule has 2 N–H and O–H groups in total. The van der Waals surface area contributed by atoms with Crippen molar-refractivity contribution in [1.82, 2.24) is 14.5 Å². The van der Waals surface area contributed by atoms with Crippen molar-refractivity contribution in [3.8, 4) is 6.07 Å². The number of carboxylic acid groups (broad SMARTS) is 2. The van der Waals surface area contributed by atoms with Gasteiger partial charge in [-0.15, -0.1) is 0 Å². The highest BCUT2D eigenvalue weighted by atomic mass is 35.5. The van der Waals surface area contributed by atoms with Crippen molar-refractivity contribution in [3.05, 3.63) is 58.9 Å². The topological polar surface area (TPSA) is 123 Å². The number of rotatable bonds is 6. The third kappa shape index (κ3) is 4.10. The zero-order chi connectivity index (χ0) is 22.8. The van der Waals surface area contributed by atoms with Gasteiger partial charge in [0.25, 0.3) is 0 Å². The summed E-state index contributed by atoms with van der Waals surface area (Å²) in [5.74, 6) is -1.45. The SMILES string of the molecule is N#Cc1cccnc1N1CCN([C@H](C(=O)O)c2cn(CC(=O)O)c3cc(Cl)ccc23)CC1. The molecule has 0 radical (unpaired) electrons. The molecule has 3 heterocycles. The predicted molar refractivity (Wildman–Crippen MR) is 118 cm³/mol. The number of nitrogens with zero attached hydrogens (tertiary/aromatic N) is 5. The molecule has 1 saturated heterocycles. The minimum Gasteiger partial charge on any atom is -0.480 e. The van der Waals surface area contributed by atoms with Gasteiger partial charge in [0.05, 0.1) is 11.1 Å². The largest absolute Gasteiger partial charge is 0.480 e. The Balaban J connectivity index is 1.64. The Kier molecular flexibility index (Phi) is 5.99. The average Bonchev–Trinajstić information content (AvgIpc) is 3.10. The number of pyridine rings is 1. The Hall–Kier alpha value is -3.61. The monoisotopic (exact) mass is 453 g/mol. The van der Waals surface area contributed by atoms with Crippen molar-refractivity contribution >= 4 is 40.3 Å². The molecule has 10 heteroatoms. The van der Waals surface area contributed by atoms with Crippen LogP contribution < -0.4 is 4.90 Å². The van der Waals surface area contributed by atoms with Crippen LogP contribution in [0.25, 0.3) is 10.9 Å². The van der Waals surface area contributed by atoms with Gasteiger partial charge in [-0.1, -0.05) is 17.7 Å². The Labute approximate surface area is 188 Å². The Bertz CT molecular complexity index is 1230. The first kappa shape index (κ1) is 21.6. The summed E-state index contributed by atoms with van der Waals surface area (Å²) in [6.07, 6.45) is 3.22. The van der Waals surface area contributed by atoms with Gasteiger partial charge in [-0.25, -0.2) is 4.98 Å².